The summed E-state index contributed by atoms with van der Waals surface area (Å²) < 4.78 is 37.3. The predicted octanol–water partition coefficient (Wildman–Crippen LogP) is 4.46. The van der Waals surface area contributed by atoms with Gasteiger partial charge in [-0.15, -0.1) is 0 Å². The zero-order valence-electron chi connectivity index (χ0n) is 11.0. The van der Waals surface area contributed by atoms with Crippen molar-refractivity contribution in [2.75, 3.05) is 5.73 Å². The fourth-order valence-electron chi connectivity index (χ4n) is 2.11. The van der Waals surface area contributed by atoms with Crippen molar-refractivity contribution in [1.29, 1.82) is 0 Å². The molecule has 2 aromatic rings. The summed E-state index contributed by atoms with van der Waals surface area (Å²) in [5.74, 6) is 0. The predicted molar refractivity (Wildman–Crippen MR) is 74.3 cm³/mol. The minimum atomic E-state index is -4.27. The van der Waals surface area contributed by atoms with Crippen LogP contribution < -0.4 is 5.73 Å². The zero-order valence-corrected chi connectivity index (χ0v) is 11.0. The summed E-state index contributed by atoms with van der Waals surface area (Å²) >= 11 is 0. The first-order valence-electron chi connectivity index (χ1n) is 6.46. The summed E-state index contributed by atoms with van der Waals surface area (Å²) in [5, 5.41) is 0. The molecule has 4 heteroatoms. The number of anilines is 1. The van der Waals surface area contributed by atoms with E-state index in [1.807, 2.05) is 24.3 Å². The van der Waals surface area contributed by atoms with E-state index < -0.39 is 11.7 Å². The highest BCUT2D eigenvalue weighted by Gasteiger charge is 2.29. The first kappa shape index (κ1) is 14.4. The van der Waals surface area contributed by atoms with E-state index in [0.717, 1.165) is 48.2 Å². The Morgan fingerprint density at radius 3 is 2.10 bits per heavy atom. The Bertz CT molecular complexity index is 559. The van der Waals surface area contributed by atoms with Crippen LogP contribution in [0.5, 0.6) is 0 Å². The molecule has 0 unspecified atom stereocenters. The number of nitrogens with two attached hydrogens (primary N) is 1. The number of hydrogen-bond acceptors (Lipinski definition) is 1. The maximum absolute atomic E-state index is 12.4. The first-order chi connectivity index (χ1) is 9.47. The largest absolute Gasteiger partial charge is 0.416 e. The topological polar surface area (TPSA) is 26.0 Å². The van der Waals surface area contributed by atoms with Gasteiger partial charge in [0.15, 0.2) is 0 Å². The van der Waals surface area contributed by atoms with Crippen LogP contribution in [0.15, 0.2) is 48.5 Å². The number of para-hydroxylation sites is 1. The van der Waals surface area contributed by atoms with Crippen LogP contribution in [-0.4, -0.2) is 0 Å². The minimum absolute atomic E-state index is 0.603. The number of hydrogen-bond donors (Lipinski definition) is 1. The molecule has 1 nitrogen and oxygen atoms in total. The van der Waals surface area contributed by atoms with Crippen molar-refractivity contribution in [1.82, 2.24) is 0 Å². The molecular formula is C16H16F3N. The van der Waals surface area contributed by atoms with E-state index in [1.165, 1.54) is 12.1 Å². The standard InChI is InChI=1S/C16H16F3N/c17-16(18,19)14-10-8-12(9-11-14)4-3-6-13-5-1-2-7-15(13)20/h1-2,5,7-11H,3-4,6,20H2. The molecule has 0 amide bonds. The zero-order chi connectivity index (χ0) is 14.6. The quantitative estimate of drug-likeness (QED) is 0.821. The van der Waals surface area contributed by atoms with Gasteiger partial charge < -0.3 is 5.73 Å². The molecule has 2 aromatic carbocycles. The molecule has 0 heterocycles. The molecule has 0 radical (unpaired) electrons. The lowest BCUT2D eigenvalue weighted by molar-refractivity contribution is -0.137. The molecule has 0 atom stereocenters. The molecule has 0 saturated heterocycles. The monoisotopic (exact) mass is 279 g/mol. The Morgan fingerprint density at radius 2 is 1.50 bits per heavy atom. The number of nitrogen functional groups attached to an aromatic ring is 1. The third-order valence-electron chi connectivity index (χ3n) is 3.25. The molecule has 0 bridgehead atoms. The van der Waals surface area contributed by atoms with E-state index in [1.54, 1.807) is 0 Å². The minimum Gasteiger partial charge on any atom is -0.399 e. The molecule has 2 N–H and O–H groups in total. The van der Waals surface area contributed by atoms with Crippen molar-refractivity contribution in [2.45, 2.75) is 25.4 Å². The lowest BCUT2D eigenvalue weighted by Gasteiger charge is -2.08. The van der Waals surface area contributed by atoms with E-state index in [0.29, 0.717) is 0 Å². The van der Waals surface area contributed by atoms with Gasteiger partial charge in [-0.1, -0.05) is 30.3 Å². The first-order valence-corrected chi connectivity index (χ1v) is 6.46. The highest BCUT2D eigenvalue weighted by Crippen LogP contribution is 2.29. The summed E-state index contributed by atoms with van der Waals surface area (Å²) in [6, 6.07) is 13.0. The molecule has 106 valence electrons. The Morgan fingerprint density at radius 1 is 0.850 bits per heavy atom. The van der Waals surface area contributed by atoms with E-state index in [-0.39, 0.29) is 0 Å². The van der Waals surface area contributed by atoms with E-state index in [4.69, 9.17) is 5.73 Å². The lowest BCUT2D eigenvalue weighted by atomic mass is 10.0. The van der Waals surface area contributed by atoms with Crippen LogP contribution in [0.1, 0.15) is 23.1 Å². The Hall–Kier alpha value is -1.97. The van der Waals surface area contributed by atoms with Gasteiger partial charge in [0.25, 0.3) is 0 Å². The average molecular weight is 279 g/mol. The van der Waals surface area contributed by atoms with Crippen molar-refractivity contribution in [3.05, 3.63) is 65.2 Å². The fraction of sp³-hybridized carbons (Fsp3) is 0.250. The highest BCUT2D eigenvalue weighted by atomic mass is 19.4. The Kier molecular flexibility index (Phi) is 4.32. The molecular weight excluding hydrogens is 263 g/mol. The fourth-order valence-corrected chi connectivity index (χ4v) is 2.11. The molecule has 0 spiro atoms. The molecule has 0 fully saturated rings. The van der Waals surface area contributed by atoms with Crippen molar-refractivity contribution in [2.24, 2.45) is 0 Å². The van der Waals surface area contributed by atoms with Crippen LogP contribution in [0, 0.1) is 0 Å². The SMILES string of the molecule is Nc1ccccc1CCCc1ccc(C(F)(F)F)cc1. The van der Waals surface area contributed by atoms with Gasteiger partial charge in [0.05, 0.1) is 5.56 Å². The number of aryl methyl sites for hydroxylation is 2. The van der Waals surface area contributed by atoms with E-state index >= 15 is 0 Å². The molecule has 0 saturated carbocycles. The molecule has 0 aliphatic rings. The maximum atomic E-state index is 12.4. The van der Waals surface area contributed by atoms with Crippen LogP contribution in [-0.2, 0) is 19.0 Å². The van der Waals surface area contributed by atoms with Crippen molar-refractivity contribution < 1.29 is 13.2 Å². The maximum Gasteiger partial charge on any atom is 0.416 e. The van der Waals surface area contributed by atoms with Gasteiger partial charge in [0, 0.05) is 5.69 Å². The second kappa shape index (κ2) is 5.99. The summed E-state index contributed by atoms with van der Waals surface area (Å²) in [7, 11) is 0. The number of alkyl halides is 3. The van der Waals surface area contributed by atoms with Gasteiger partial charge >= 0.3 is 6.18 Å². The smallest absolute Gasteiger partial charge is 0.399 e. The van der Waals surface area contributed by atoms with Crippen LogP contribution in [0.25, 0.3) is 0 Å². The summed E-state index contributed by atoms with van der Waals surface area (Å²) in [4.78, 5) is 0. The molecule has 20 heavy (non-hydrogen) atoms. The lowest BCUT2D eigenvalue weighted by Crippen LogP contribution is -2.04. The second-order valence-electron chi connectivity index (χ2n) is 4.75. The highest BCUT2D eigenvalue weighted by molar-refractivity contribution is 5.46. The van der Waals surface area contributed by atoms with Crippen molar-refractivity contribution in [3.8, 4) is 0 Å². The van der Waals surface area contributed by atoms with Crippen molar-refractivity contribution >= 4 is 5.69 Å². The van der Waals surface area contributed by atoms with E-state index in [9.17, 15) is 13.2 Å². The van der Waals surface area contributed by atoms with Crippen molar-refractivity contribution in [3.63, 3.8) is 0 Å². The van der Waals surface area contributed by atoms with E-state index in [2.05, 4.69) is 0 Å². The average Bonchev–Trinajstić information content (AvgIpc) is 2.40. The van der Waals surface area contributed by atoms with Crippen LogP contribution in [0.2, 0.25) is 0 Å². The van der Waals surface area contributed by atoms with Crippen LogP contribution in [0.4, 0.5) is 18.9 Å². The van der Waals surface area contributed by atoms with Gasteiger partial charge in [-0.05, 0) is 48.6 Å². The summed E-state index contributed by atoms with van der Waals surface area (Å²) in [5.41, 5.74) is 8.00. The Labute approximate surface area is 116 Å². The molecule has 0 aromatic heterocycles. The number of halogens is 3. The summed E-state index contributed by atoms with van der Waals surface area (Å²) in [6.07, 6.45) is -1.84. The molecule has 0 aliphatic carbocycles. The van der Waals surface area contributed by atoms with Gasteiger partial charge in [-0.3, -0.25) is 0 Å². The van der Waals surface area contributed by atoms with Crippen LogP contribution >= 0.6 is 0 Å². The molecule has 0 aliphatic heterocycles. The summed E-state index contributed by atoms with van der Waals surface area (Å²) in [6.45, 7) is 0. The third kappa shape index (κ3) is 3.76. The van der Waals surface area contributed by atoms with Gasteiger partial charge in [-0.25, -0.2) is 0 Å². The van der Waals surface area contributed by atoms with Gasteiger partial charge in [-0.2, -0.15) is 13.2 Å². The normalized spacial score (nSPS) is 11.6. The Balaban J connectivity index is 1.90. The van der Waals surface area contributed by atoms with Gasteiger partial charge in [0.1, 0.15) is 0 Å². The second-order valence-corrected chi connectivity index (χ2v) is 4.75. The number of benzene rings is 2. The molecule has 2 rings (SSSR count). The third-order valence-corrected chi connectivity index (χ3v) is 3.25. The number of rotatable bonds is 4. The van der Waals surface area contributed by atoms with Gasteiger partial charge in [0.2, 0.25) is 0 Å². The van der Waals surface area contributed by atoms with Crippen LogP contribution in [0.3, 0.4) is 0 Å².